The topological polar surface area (TPSA) is 76.5 Å². The van der Waals surface area contributed by atoms with Gasteiger partial charge in [0.1, 0.15) is 11.5 Å². The molecule has 5 heteroatoms. The lowest BCUT2D eigenvalue weighted by Crippen LogP contribution is -2.41. The Bertz CT molecular complexity index is 558. The number of rotatable bonds is 5. The van der Waals surface area contributed by atoms with Crippen LogP contribution in [-0.4, -0.2) is 29.8 Å². The second-order valence-electron chi connectivity index (χ2n) is 6.68. The third-order valence-corrected chi connectivity index (χ3v) is 4.99. The number of furan rings is 1. The molecular weight excluding hydrogens is 280 g/mol. The van der Waals surface area contributed by atoms with E-state index in [0.717, 1.165) is 17.4 Å². The van der Waals surface area contributed by atoms with Gasteiger partial charge < -0.3 is 15.1 Å². The van der Waals surface area contributed by atoms with E-state index in [1.165, 1.54) is 6.42 Å². The van der Waals surface area contributed by atoms with Crippen molar-refractivity contribution in [1.82, 2.24) is 4.90 Å². The summed E-state index contributed by atoms with van der Waals surface area (Å²) >= 11 is 0. The standard InChI is InChI=1S/C17H24N2O3/c1-11-10-14(11)15-4-2-13(22-15)3-5-16(20)19-8-6-12(7-9-19)17(18)21/h2,4,11-12,14H,3,5-10H2,1H3,(H2,18,21)/t11-,14-/m0/s1. The lowest BCUT2D eigenvalue weighted by Gasteiger charge is -2.30. The van der Waals surface area contributed by atoms with Gasteiger partial charge in [-0.05, 0) is 37.3 Å². The molecule has 2 fully saturated rings. The predicted octanol–water partition coefficient (Wildman–Crippen LogP) is 2.06. The number of amides is 2. The number of aryl methyl sites for hydroxylation is 1. The van der Waals surface area contributed by atoms with Crippen LogP contribution in [0.5, 0.6) is 0 Å². The van der Waals surface area contributed by atoms with Gasteiger partial charge in [0.05, 0.1) is 0 Å². The van der Waals surface area contributed by atoms with Crippen molar-refractivity contribution < 1.29 is 14.0 Å². The van der Waals surface area contributed by atoms with Gasteiger partial charge in [-0.15, -0.1) is 0 Å². The zero-order valence-corrected chi connectivity index (χ0v) is 13.1. The molecule has 0 unspecified atom stereocenters. The molecule has 2 N–H and O–H groups in total. The van der Waals surface area contributed by atoms with Gasteiger partial charge in [-0.2, -0.15) is 0 Å². The molecule has 120 valence electrons. The zero-order chi connectivity index (χ0) is 15.7. The van der Waals surface area contributed by atoms with Gasteiger partial charge in [-0.3, -0.25) is 9.59 Å². The molecule has 0 aromatic carbocycles. The molecule has 1 aromatic heterocycles. The lowest BCUT2D eigenvalue weighted by molar-refractivity contribution is -0.134. The molecule has 2 heterocycles. The Morgan fingerprint density at radius 3 is 2.59 bits per heavy atom. The summed E-state index contributed by atoms with van der Waals surface area (Å²) in [6.45, 7) is 3.50. The average molecular weight is 304 g/mol. The fourth-order valence-corrected chi connectivity index (χ4v) is 3.25. The van der Waals surface area contributed by atoms with E-state index in [1.807, 2.05) is 17.0 Å². The minimum Gasteiger partial charge on any atom is -0.466 e. The minimum atomic E-state index is -0.246. The Morgan fingerprint density at radius 2 is 2.00 bits per heavy atom. The van der Waals surface area contributed by atoms with Gasteiger partial charge in [0, 0.05) is 37.8 Å². The maximum absolute atomic E-state index is 12.2. The zero-order valence-electron chi connectivity index (χ0n) is 13.1. The largest absolute Gasteiger partial charge is 0.466 e. The first-order valence-corrected chi connectivity index (χ1v) is 8.20. The molecule has 0 bridgehead atoms. The van der Waals surface area contributed by atoms with Crippen LogP contribution in [-0.2, 0) is 16.0 Å². The van der Waals surface area contributed by atoms with Crippen LogP contribution < -0.4 is 5.73 Å². The van der Waals surface area contributed by atoms with E-state index >= 15 is 0 Å². The van der Waals surface area contributed by atoms with Gasteiger partial charge in [0.2, 0.25) is 11.8 Å². The number of primary amides is 1. The van der Waals surface area contributed by atoms with Crippen LogP contribution in [0, 0.1) is 11.8 Å². The molecule has 1 aromatic rings. The molecule has 1 aliphatic carbocycles. The van der Waals surface area contributed by atoms with Crippen molar-refractivity contribution in [2.24, 2.45) is 17.6 Å². The Morgan fingerprint density at radius 1 is 1.32 bits per heavy atom. The Hall–Kier alpha value is -1.78. The van der Waals surface area contributed by atoms with Crippen molar-refractivity contribution in [2.75, 3.05) is 13.1 Å². The Labute approximate surface area is 130 Å². The number of hydrogen-bond acceptors (Lipinski definition) is 3. The van der Waals surface area contributed by atoms with E-state index in [0.29, 0.717) is 44.7 Å². The van der Waals surface area contributed by atoms with E-state index in [1.54, 1.807) is 0 Å². The molecule has 2 aliphatic rings. The number of piperidine rings is 1. The highest BCUT2D eigenvalue weighted by atomic mass is 16.3. The summed E-state index contributed by atoms with van der Waals surface area (Å²) in [7, 11) is 0. The second kappa shape index (κ2) is 6.15. The number of likely N-dealkylation sites (tertiary alicyclic amines) is 1. The second-order valence-corrected chi connectivity index (χ2v) is 6.68. The summed E-state index contributed by atoms with van der Waals surface area (Å²) in [5, 5.41) is 0. The Kier molecular flexibility index (Phi) is 4.23. The highest BCUT2D eigenvalue weighted by Gasteiger charge is 2.36. The van der Waals surface area contributed by atoms with Crippen LogP contribution in [0.4, 0.5) is 0 Å². The molecule has 5 nitrogen and oxygen atoms in total. The van der Waals surface area contributed by atoms with E-state index in [-0.39, 0.29) is 17.7 Å². The van der Waals surface area contributed by atoms with Crippen LogP contribution >= 0.6 is 0 Å². The molecule has 3 rings (SSSR count). The maximum Gasteiger partial charge on any atom is 0.223 e. The first-order valence-electron chi connectivity index (χ1n) is 8.20. The van der Waals surface area contributed by atoms with E-state index in [4.69, 9.17) is 10.2 Å². The fraction of sp³-hybridized carbons (Fsp3) is 0.647. The summed E-state index contributed by atoms with van der Waals surface area (Å²) < 4.78 is 5.83. The van der Waals surface area contributed by atoms with Crippen molar-refractivity contribution >= 4 is 11.8 Å². The first-order chi connectivity index (χ1) is 10.5. The Balaban J connectivity index is 1.44. The highest BCUT2D eigenvalue weighted by molar-refractivity contribution is 5.78. The van der Waals surface area contributed by atoms with E-state index < -0.39 is 0 Å². The summed E-state index contributed by atoms with van der Waals surface area (Å²) in [6, 6.07) is 4.04. The molecule has 1 aliphatic heterocycles. The maximum atomic E-state index is 12.2. The van der Waals surface area contributed by atoms with Crippen molar-refractivity contribution in [3.05, 3.63) is 23.7 Å². The monoisotopic (exact) mass is 304 g/mol. The van der Waals surface area contributed by atoms with Gasteiger partial charge in [0.15, 0.2) is 0 Å². The van der Waals surface area contributed by atoms with Crippen LogP contribution in [0.1, 0.15) is 50.0 Å². The third-order valence-electron chi connectivity index (χ3n) is 4.99. The minimum absolute atomic E-state index is 0.0720. The first kappa shape index (κ1) is 15.1. The summed E-state index contributed by atoms with van der Waals surface area (Å²) in [5.74, 6) is 3.10. The molecule has 2 amide bonds. The van der Waals surface area contributed by atoms with Gasteiger partial charge >= 0.3 is 0 Å². The van der Waals surface area contributed by atoms with E-state index in [2.05, 4.69) is 6.92 Å². The quantitative estimate of drug-likeness (QED) is 0.904. The SMILES string of the molecule is C[C@H]1C[C@@H]1c1ccc(CCC(=O)N2CCC(C(N)=O)CC2)o1. The van der Waals surface area contributed by atoms with Gasteiger partial charge in [-0.25, -0.2) is 0 Å². The molecule has 0 spiro atoms. The number of hydrogen-bond donors (Lipinski definition) is 1. The predicted molar refractivity (Wildman–Crippen MR) is 82.0 cm³/mol. The third kappa shape index (κ3) is 3.34. The van der Waals surface area contributed by atoms with Crippen LogP contribution in [0.3, 0.4) is 0 Å². The number of carbonyl (C=O) groups excluding carboxylic acids is 2. The van der Waals surface area contributed by atoms with Crippen LogP contribution in [0.15, 0.2) is 16.5 Å². The van der Waals surface area contributed by atoms with Gasteiger partial charge in [-0.1, -0.05) is 6.92 Å². The van der Waals surface area contributed by atoms with Crippen molar-refractivity contribution in [3.8, 4) is 0 Å². The van der Waals surface area contributed by atoms with Crippen molar-refractivity contribution in [1.29, 1.82) is 0 Å². The number of nitrogens with zero attached hydrogens (tertiary/aromatic N) is 1. The van der Waals surface area contributed by atoms with Crippen molar-refractivity contribution in [2.45, 2.75) is 44.9 Å². The summed E-state index contributed by atoms with van der Waals surface area (Å²) in [5.41, 5.74) is 5.31. The van der Waals surface area contributed by atoms with Crippen molar-refractivity contribution in [3.63, 3.8) is 0 Å². The average Bonchev–Trinajstić information content (AvgIpc) is 3.06. The van der Waals surface area contributed by atoms with E-state index in [9.17, 15) is 9.59 Å². The highest BCUT2D eigenvalue weighted by Crippen LogP contribution is 2.47. The summed E-state index contributed by atoms with van der Waals surface area (Å²) in [6.07, 6.45) is 3.70. The normalized spacial score (nSPS) is 25.2. The number of carbonyl (C=O) groups is 2. The van der Waals surface area contributed by atoms with Crippen LogP contribution in [0.25, 0.3) is 0 Å². The summed E-state index contributed by atoms with van der Waals surface area (Å²) in [4.78, 5) is 25.2. The lowest BCUT2D eigenvalue weighted by atomic mass is 9.96. The molecule has 1 saturated carbocycles. The van der Waals surface area contributed by atoms with Gasteiger partial charge in [0.25, 0.3) is 0 Å². The molecular formula is C17H24N2O3. The molecule has 22 heavy (non-hydrogen) atoms. The fourth-order valence-electron chi connectivity index (χ4n) is 3.25. The smallest absolute Gasteiger partial charge is 0.223 e. The molecule has 1 saturated heterocycles. The number of nitrogens with two attached hydrogens (primary N) is 1. The molecule has 0 radical (unpaired) electrons. The van der Waals surface area contributed by atoms with Crippen LogP contribution in [0.2, 0.25) is 0 Å². The molecule has 2 atom stereocenters.